The smallest absolute Gasteiger partial charge is 0.231 e. The van der Waals surface area contributed by atoms with E-state index in [1.54, 1.807) is 0 Å². The first-order valence-electron chi connectivity index (χ1n) is 8.44. The molecule has 5 rings (SSSR count). The third-order valence-electron chi connectivity index (χ3n) is 5.12. The van der Waals surface area contributed by atoms with Gasteiger partial charge in [-0.2, -0.15) is 0 Å². The quantitative estimate of drug-likeness (QED) is 0.717. The molecule has 26 heavy (non-hydrogen) atoms. The number of nitrogens with zero attached hydrogens (tertiary/aromatic N) is 1. The minimum Gasteiger partial charge on any atom is -0.454 e. The first kappa shape index (κ1) is 15.8. The van der Waals surface area contributed by atoms with Gasteiger partial charge in [-0.15, -0.1) is 0 Å². The Balaban J connectivity index is 1.54. The number of hydrogen-bond acceptors (Lipinski definition) is 5. The second-order valence-electron chi connectivity index (χ2n) is 6.51. The van der Waals surface area contributed by atoms with Crippen molar-refractivity contribution in [2.24, 2.45) is 0 Å². The van der Waals surface area contributed by atoms with Crippen LogP contribution >= 0.6 is 15.9 Å². The highest BCUT2D eigenvalue weighted by atomic mass is 79.9. The maximum Gasteiger partial charge on any atom is 0.231 e. The molecule has 0 saturated heterocycles. The second kappa shape index (κ2) is 6.09. The number of halogens is 1. The lowest BCUT2D eigenvalue weighted by Crippen LogP contribution is -2.35. The molecule has 134 valence electrons. The fourth-order valence-electron chi connectivity index (χ4n) is 3.79. The Morgan fingerprint density at radius 1 is 1.00 bits per heavy atom. The number of amides is 1. The molecule has 1 amide bonds. The summed E-state index contributed by atoms with van der Waals surface area (Å²) in [7, 11) is 0. The van der Waals surface area contributed by atoms with Crippen molar-refractivity contribution in [1.29, 1.82) is 0 Å². The van der Waals surface area contributed by atoms with E-state index in [2.05, 4.69) is 15.9 Å². The Hall–Kier alpha value is -2.41. The summed E-state index contributed by atoms with van der Waals surface area (Å²) in [6.07, 6.45) is 2.41. The standard InChI is InChI=1S/C19H16BrNO5/c20-14-7-19-17(24-10-26-19)5-12(14)3-15-13-6-18-16(23-9-25-18)4-11(13)1-2-21(15)8-22/h4-8,15H,1-3,9-10H2. The van der Waals surface area contributed by atoms with Crippen molar-refractivity contribution in [3.8, 4) is 23.0 Å². The van der Waals surface area contributed by atoms with Crippen LogP contribution < -0.4 is 18.9 Å². The summed E-state index contributed by atoms with van der Waals surface area (Å²) in [5.74, 6) is 3.00. The highest BCUT2D eigenvalue weighted by Crippen LogP contribution is 2.43. The SMILES string of the molecule is O=CN1CCc2cc3c(cc2C1Cc1cc2c(cc1Br)OCO2)OCO3. The summed E-state index contributed by atoms with van der Waals surface area (Å²) in [6.45, 7) is 1.17. The van der Waals surface area contributed by atoms with Gasteiger partial charge < -0.3 is 23.8 Å². The molecule has 0 spiro atoms. The van der Waals surface area contributed by atoms with Gasteiger partial charge in [0.05, 0.1) is 6.04 Å². The topological polar surface area (TPSA) is 57.2 Å². The zero-order valence-corrected chi connectivity index (χ0v) is 15.5. The molecule has 7 heteroatoms. The van der Waals surface area contributed by atoms with Crippen LogP contribution in [0.3, 0.4) is 0 Å². The third-order valence-corrected chi connectivity index (χ3v) is 5.86. The molecule has 1 unspecified atom stereocenters. The summed E-state index contributed by atoms with van der Waals surface area (Å²) in [5.41, 5.74) is 3.38. The fraction of sp³-hybridized carbons (Fsp3) is 0.316. The lowest BCUT2D eigenvalue weighted by atomic mass is 9.88. The molecule has 0 aromatic heterocycles. The highest BCUT2D eigenvalue weighted by molar-refractivity contribution is 9.10. The summed E-state index contributed by atoms with van der Waals surface area (Å²) in [4.78, 5) is 13.5. The minimum atomic E-state index is -0.0672. The molecular weight excluding hydrogens is 402 g/mol. The predicted molar refractivity (Wildman–Crippen MR) is 95.7 cm³/mol. The zero-order chi connectivity index (χ0) is 17.7. The first-order chi connectivity index (χ1) is 12.7. The second-order valence-corrected chi connectivity index (χ2v) is 7.37. The van der Waals surface area contributed by atoms with Crippen LogP contribution in [0.25, 0.3) is 0 Å². The molecule has 0 bridgehead atoms. The van der Waals surface area contributed by atoms with E-state index >= 15 is 0 Å². The number of carbonyl (C=O) groups excluding carboxylic acids is 1. The van der Waals surface area contributed by atoms with Crippen LogP contribution in [-0.2, 0) is 17.6 Å². The number of hydrogen-bond donors (Lipinski definition) is 0. The van der Waals surface area contributed by atoms with Gasteiger partial charge in [0.15, 0.2) is 23.0 Å². The van der Waals surface area contributed by atoms with Gasteiger partial charge in [0.1, 0.15) is 0 Å². The van der Waals surface area contributed by atoms with Crippen molar-refractivity contribution in [2.45, 2.75) is 18.9 Å². The van der Waals surface area contributed by atoms with Crippen LogP contribution in [0.15, 0.2) is 28.7 Å². The van der Waals surface area contributed by atoms with Crippen LogP contribution in [0.4, 0.5) is 0 Å². The summed E-state index contributed by atoms with van der Waals surface area (Å²) >= 11 is 3.62. The number of rotatable bonds is 3. The zero-order valence-electron chi connectivity index (χ0n) is 13.9. The number of fused-ring (bicyclic) bond motifs is 3. The Labute approximate surface area is 158 Å². The lowest BCUT2D eigenvalue weighted by molar-refractivity contribution is -0.120. The van der Waals surface area contributed by atoms with E-state index in [1.807, 2.05) is 29.2 Å². The van der Waals surface area contributed by atoms with Gasteiger partial charge in [0.2, 0.25) is 20.0 Å². The molecule has 1 atom stereocenters. The monoisotopic (exact) mass is 417 g/mol. The van der Waals surface area contributed by atoms with Crippen molar-refractivity contribution in [2.75, 3.05) is 20.1 Å². The van der Waals surface area contributed by atoms with Crippen LogP contribution in [0.2, 0.25) is 0 Å². The predicted octanol–water partition coefficient (Wildman–Crippen LogP) is 3.20. The maximum atomic E-state index is 11.7. The van der Waals surface area contributed by atoms with E-state index in [0.29, 0.717) is 13.0 Å². The van der Waals surface area contributed by atoms with Gasteiger partial charge in [0, 0.05) is 11.0 Å². The lowest BCUT2D eigenvalue weighted by Gasteiger charge is -2.35. The Bertz CT molecular complexity index is 900. The first-order valence-corrected chi connectivity index (χ1v) is 9.23. The number of carbonyl (C=O) groups is 1. The van der Waals surface area contributed by atoms with E-state index < -0.39 is 0 Å². The normalized spacial score (nSPS) is 19.4. The van der Waals surface area contributed by atoms with Gasteiger partial charge in [-0.3, -0.25) is 4.79 Å². The van der Waals surface area contributed by atoms with Gasteiger partial charge in [-0.25, -0.2) is 0 Å². The van der Waals surface area contributed by atoms with Crippen molar-refractivity contribution >= 4 is 22.3 Å². The highest BCUT2D eigenvalue weighted by Gasteiger charge is 2.31. The Morgan fingerprint density at radius 3 is 2.38 bits per heavy atom. The molecule has 0 radical (unpaired) electrons. The van der Waals surface area contributed by atoms with Crippen LogP contribution in [-0.4, -0.2) is 31.4 Å². The molecule has 0 saturated carbocycles. The summed E-state index contributed by atoms with van der Waals surface area (Å²) in [6, 6.07) is 7.89. The van der Waals surface area contributed by atoms with E-state index in [-0.39, 0.29) is 19.6 Å². The van der Waals surface area contributed by atoms with E-state index in [0.717, 1.165) is 51.4 Å². The van der Waals surface area contributed by atoms with Gasteiger partial charge in [-0.05, 0) is 53.8 Å². The Kier molecular flexibility index (Phi) is 3.70. The fourth-order valence-corrected chi connectivity index (χ4v) is 4.27. The molecule has 0 N–H and O–H groups in total. The molecule has 2 aromatic carbocycles. The molecule has 3 aliphatic heterocycles. The van der Waals surface area contributed by atoms with Gasteiger partial charge in [-0.1, -0.05) is 15.9 Å². The minimum absolute atomic E-state index is 0.0672. The Morgan fingerprint density at radius 2 is 1.65 bits per heavy atom. The van der Waals surface area contributed by atoms with Crippen molar-refractivity contribution in [1.82, 2.24) is 4.90 Å². The average molecular weight is 418 g/mol. The molecular formula is C19H16BrNO5. The van der Waals surface area contributed by atoms with Crippen LogP contribution in [0.1, 0.15) is 22.7 Å². The molecule has 6 nitrogen and oxygen atoms in total. The average Bonchev–Trinajstić information content (AvgIpc) is 3.28. The largest absolute Gasteiger partial charge is 0.454 e. The van der Waals surface area contributed by atoms with Crippen LogP contribution in [0.5, 0.6) is 23.0 Å². The molecule has 0 fully saturated rings. The van der Waals surface area contributed by atoms with Crippen molar-refractivity contribution in [3.63, 3.8) is 0 Å². The molecule has 0 aliphatic carbocycles. The van der Waals surface area contributed by atoms with E-state index in [4.69, 9.17) is 18.9 Å². The maximum absolute atomic E-state index is 11.7. The van der Waals surface area contributed by atoms with Gasteiger partial charge in [0.25, 0.3) is 0 Å². The molecule has 2 aromatic rings. The van der Waals surface area contributed by atoms with Gasteiger partial charge >= 0.3 is 0 Å². The van der Waals surface area contributed by atoms with Crippen molar-refractivity contribution in [3.05, 3.63) is 45.4 Å². The number of ether oxygens (including phenoxy) is 4. The van der Waals surface area contributed by atoms with E-state index in [1.165, 1.54) is 5.56 Å². The third kappa shape index (κ3) is 2.49. The molecule has 3 heterocycles. The number of benzene rings is 2. The van der Waals surface area contributed by atoms with Crippen LogP contribution in [0, 0.1) is 0 Å². The molecule has 3 aliphatic rings. The van der Waals surface area contributed by atoms with E-state index in [9.17, 15) is 4.79 Å². The van der Waals surface area contributed by atoms with Crippen molar-refractivity contribution < 1.29 is 23.7 Å². The summed E-state index contributed by atoms with van der Waals surface area (Å²) < 4.78 is 22.9. The summed E-state index contributed by atoms with van der Waals surface area (Å²) in [5, 5.41) is 0.